The molecule has 4 rings (SSSR count). The molecule has 11 heteroatoms. The molecule has 0 radical (unpaired) electrons. The number of aromatic nitrogens is 2. The lowest BCUT2D eigenvalue weighted by molar-refractivity contribution is -0.274. The quantitative estimate of drug-likeness (QED) is 0.371. The monoisotopic (exact) mass is 516 g/mol. The van der Waals surface area contributed by atoms with E-state index >= 15 is 0 Å². The number of ether oxygens (including phenoxy) is 1. The largest absolute Gasteiger partial charge is 0.573 e. The number of aromatic hydroxyl groups is 1. The van der Waals surface area contributed by atoms with Gasteiger partial charge in [-0.1, -0.05) is 12.8 Å². The van der Waals surface area contributed by atoms with Crippen LogP contribution in [0.4, 0.5) is 23.7 Å². The van der Waals surface area contributed by atoms with E-state index < -0.39 is 18.0 Å². The molecule has 2 aromatic carbocycles. The van der Waals surface area contributed by atoms with Gasteiger partial charge in [-0.3, -0.25) is 4.79 Å². The highest BCUT2D eigenvalue weighted by atomic mass is 19.4. The molecule has 2 amide bonds. The molecule has 1 aliphatic carbocycles. The minimum absolute atomic E-state index is 0.0683. The van der Waals surface area contributed by atoms with Crippen molar-refractivity contribution >= 4 is 17.6 Å². The summed E-state index contributed by atoms with van der Waals surface area (Å²) in [5, 5.41) is 20.6. The molecule has 1 aromatic heterocycles. The van der Waals surface area contributed by atoms with Crippen molar-refractivity contribution in [2.75, 3.05) is 5.32 Å². The molecule has 3 aromatic rings. The first kappa shape index (κ1) is 26.1. The SMILES string of the molecule is CC(C)NC(=O)n1nc(-c2ccc(NC(=O)c3ccc(OC(F)(F)F)cc3)cc2O)cc1C1CCCC1. The first-order valence-corrected chi connectivity index (χ1v) is 11.9. The average Bonchev–Trinajstić information content (AvgIpc) is 3.48. The van der Waals surface area contributed by atoms with Gasteiger partial charge in [0.05, 0.1) is 11.4 Å². The summed E-state index contributed by atoms with van der Waals surface area (Å²) in [4.78, 5) is 25.3. The Morgan fingerprint density at radius 3 is 2.35 bits per heavy atom. The lowest BCUT2D eigenvalue weighted by Crippen LogP contribution is -2.35. The molecule has 0 saturated heterocycles. The Kier molecular flexibility index (Phi) is 7.42. The number of carbonyl (C=O) groups is 2. The third-order valence-electron chi connectivity index (χ3n) is 6.00. The molecule has 0 atom stereocenters. The predicted octanol–water partition coefficient (Wildman–Crippen LogP) is 6.03. The maximum atomic E-state index is 12.8. The molecular weight excluding hydrogens is 489 g/mol. The van der Waals surface area contributed by atoms with Crippen LogP contribution in [-0.4, -0.2) is 39.2 Å². The zero-order valence-electron chi connectivity index (χ0n) is 20.3. The van der Waals surface area contributed by atoms with Crippen LogP contribution >= 0.6 is 0 Å². The highest BCUT2D eigenvalue weighted by molar-refractivity contribution is 6.04. The highest BCUT2D eigenvalue weighted by Gasteiger charge is 2.31. The summed E-state index contributed by atoms with van der Waals surface area (Å²) in [5.41, 5.74) is 1.99. The van der Waals surface area contributed by atoms with E-state index in [1.165, 1.54) is 22.9 Å². The van der Waals surface area contributed by atoms with Gasteiger partial charge in [-0.2, -0.15) is 9.78 Å². The number of hydrogen-bond acceptors (Lipinski definition) is 5. The standard InChI is InChI=1S/C26H27F3N4O4/c1-15(2)30-25(36)33-22(16-5-3-4-6-16)14-21(32-33)20-12-9-18(13-23(20)34)31-24(35)17-7-10-19(11-8-17)37-26(27,28)29/h7-16,34H,3-6H2,1-2H3,(H,30,36)(H,31,35). The van der Waals surface area contributed by atoms with E-state index in [4.69, 9.17) is 0 Å². The lowest BCUT2D eigenvalue weighted by Gasteiger charge is -2.13. The molecule has 0 aliphatic heterocycles. The van der Waals surface area contributed by atoms with Crippen LogP contribution in [0.3, 0.4) is 0 Å². The van der Waals surface area contributed by atoms with Crippen molar-refractivity contribution in [1.82, 2.24) is 15.1 Å². The zero-order valence-corrected chi connectivity index (χ0v) is 20.3. The second kappa shape index (κ2) is 10.5. The normalized spacial score (nSPS) is 14.1. The Balaban J connectivity index is 1.53. The van der Waals surface area contributed by atoms with Crippen molar-refractivity contribution in [2.24, 2.45) is 0 Å². The number of phenolic OH excluding ortho intramolecular Hbond substituents is 1. The summed E-state index contributed by atoms with van der Waals surface area (Å²) in [7, 11) is 0. The number of nitrogens with zero attached hydrogens (tertiary/aromatic N) is 2. The van der Waals surface area contributed by atoms with Gasteiger partial charge in [0, 0.05) is 34.8 Å². The summed E-state index contributed by atoms with van der Waals surface area (Å²) in [5.74, 6) is -0.972. The van der Waals surface area contributed by atoms with Crippen molar-refractivity contribution < 1.29 is 32.6 Å². The molecule has 1 saturated carbocycles. The lowest BCUT2D eigenvalue weighted by atomic mass is 10.0. The van der Waals surface area contributed by atoms with Crippen LogP contribution in [0.1, 0.15) is 61.5 Å². The zero-order chi connectivity index (χ0) is 26.7. The Morgan fingerprint density at radius 1 is 1.08 bits per heavy atom. The van der Waals surface area contributed by atoms with Gasteiger partial charge in [0.25, 0.3) is 5.91 Å². The van der Waals surface area contributed by atoms with Crippen LogP contribution in [0.2, 0.25) is 0 Å². The minimum atomic E-state index is -4.82. The maximum absolute atomic E-state index is 12.8. The molecule has 3 N–H and O–H groups in total. The van der Waals surface area contributed by atoms with Crippen molar-refractivity contribution in [3.05, 3.63) is 59.8 Å². The van der Waals surface area contributed by atoms with E-state index in [1.54, 1.807) is 12.1 Å². The van der Waals surface area contributed by atoms with Crippen LogP contribution in [0.15, 0.2) is 48.5 Å². The Labute approximate surface area is 211 Å². The number of halogens is 3. The van der Waals surface area contributed by atoms with Crippen molar-refractivity contribution in [2.45, 2.75) is 57.9 Å². The summed E-state index contributed by atoms with van der Waals surface area (Å²) >= 11 is 0. The molecule has 0 spiro atoms. The Morgan fingerprint density at radius 2 is 1.76 bits per heavy atom. The number of anilines is 1. The van der Waals surface area contributed by atoms with E-state index in [1.807, 2.05) is 19.9 Å². The average molecular weight is 517 g/mol. The van der Waals surface area contributed by atoms with Gasteiger partial charge in [-0.05, 0) is 69.2 Å². The molecule has 0 bridgehead atoms. The number of phenols is 1. The summed E-state index contributed by atoms with van der Waals surface area (Å²) in [6.45, 7) is 3.72. The highest BCUT2D eigenvalue weighted by Crippen LogP contribution is 2.38. The molecule has 1 fully saturated rings. The summed E-state index contributed by atoms with van der Waals surface area (Å²) in [6.07, 6.45) is -0.751. The minimum Gasteiger partial charge on any atom is -0.507 e. The molecule has 0 unspecified atom stereocenters. The van der Waals surface area contributed by atoms with Crippen LogP contribution in [0, 0.1) is 0 Å². The third-order valence-corrected chi connectivity index (χ3v) is 6.00. The Bertz CT molecular complexity index is 1280. The smallest absolute Gasteiger partial charge is 0.507 e. The fourth-order valence-electron chi connectivity index (χ4n) is 4.35. The second-order valence-corrected chi connectivity index (χ2v) is 9.21. The number of alkyl halides is 3. The Hall–Kier alpha value is -4.02. The van der Waals surface area contributed by atoms with E-state index in [2.05, 4.69) is 20.5 Å². The van der Waals surface area contributed by atoms with Crippen molar-refractivity contribution in [3.63, 3.8) is 0 Å². The fraction of sp³-hybridized carbons (Fsp3) is 0.346. The van der Waals surface area contributed by atoms with Gasteiger partial charge in [0.1, 0.15) is 11.5 Å². The first-order valence-electron chi connectivity index (χ1n) is 11.9. The fourth-order valence-corrected chi connectivity index (χ4v) is 4.35. The van der Waals surface area contributed by atoms with Gasteiger partial charge in [-0.15, -0.1) is 13.2 Å². The van der Waals surface area contributed by atoms with E-state index in [-0.39, 0.29) is 35.0 Å². The van der Waals surface area contributed by atoms with Gasteiger partial charge < -0.3 is 20.5 Å². The third kappa shape index (κ3) is 6.41. The molecule has 1 aliphatic rings. The number of benzene rings is 2. The topological polar surface area (TPSA) is 105 Å². The molecule has 8 nitrogen and oxygen atoms in total. The number of carbonyl (C=O) groups excluding carboxylic acids is 2. The number of rotatable bonds is 6. The molecule has 37 heavy (non-hydrogen) atoms. The van der Waals surface area contributed by atoms with Gasteiger partial charge >= 0.3 is 12.4 Å². The van der Waals surface area contributed by atoms with E-state index in [0.29, 0.717) is 11.3 Å². The maximum Gasteiger partial charge on any atom is 0.573 e. The molecule has 1 heterocycles. The van der Waals surface area contributed by atoms with Crippen LogP contribution in [0.25, 0.3) is 11.3 Å². The number of hydrogen-bond donors (Lipinski definition) is 3. The summed E-state index contributed by atoms with van der Waals surface area (Å²) < 4.78 is 42.1. The van der Waals surface area contributed by atoms with Gasteiger partial charge in [0.15, 0.2) is 0 Å². The second-order valence-electron chi connectivity index (χ2n) is 9.21. The number of nitrogens with one attached hydrogen (secondary N) is 2. The van der Waals surface area contributed by atoms with Gasteiger partial charge in [0.2, 0.25) is 0 Å². The van der Waals surface area contributed by atoms with Crippen LogP contribution in [0.5, 0.6) is 11.5 Å². The van der Waals surface area contributed by atoms with Crippen LogP contribution in [-0.2, 0) is 0 Å². The first-order chi connectivity index (χ1) is 17.5. The van der Waals surface area contributed by atoms with Crippen LogP contribution < -0.4 is 15.4 Å². The number of amides is 2. The predicted molar refractivity (Wildman–Crippen MR) is 131 cm³/mol. The molecular formula is C26H27F3N4O4. The van der Waals surface area contributed by atoms with E-state index in [0.717, 1.165) is 43.5 Å². The summed E-state index contributed by atoms with van der Waals surface area (Å²) in [6, 6.07) is 10.4. The van der Waals surface area contributed by atoms with E-state index in [9.17, 15) is 27.9 Å². The van der Waals surface area contributed by atoms with Crippen molar-refractivity contribution in [1.29, 1.82) is 0 Å². The van der Waals surface area contributed by atoms with Gasteiger partial charge in [-0.25, -0.2) is 4.79 Å². The van der Waals surface area contributed by atoms with Crippen molar-refractivity contribution in [3.8, 4) is 22.8 Å². The molecule has 196 valence electrons.